The minimum absolute atomic E-state index is 0.0548. The number of hydrogen-bond acceptors (Lipinski definition) is 3. The number of rotatable bonds is 3. The quantitative estimate of drug-likeness (QED) is 0.855. The summed E-state index contributed by atoms with van der Waals surface area (Å²) in [7, 11) is 0. The predicted molar refractivity (Wildman–Crippen MR) is 92.8 cm³/mol. The maximum Gasteiger partial charge on any atom is 0.416 e. The van der Waals surface area contributed by atoms with Crippen LogP contribution in [0.5, 0.6) is 0 Å². The van der Waals surface area contributed by atoms with Gasteiger partial charge in [-0.05, 0) is 41.7 Å². The predicted octanol–water partition coefficient (Wildman–Crippen LogP) is 3.79. The minimum atomic E-state index is -4.50. The van der Waals surface area contributed by atoms with Crippen molar-refractivity contribution in [3.05, 3.63) is 59.3 Å². The Balaban J connectivity index is 1.90. The maximum atomic E-state index is 13.3. The monoisotopic (exact) mass is 377 g/mol. The lowest BCUT2D eigenvalue weighted by atomic mass is 9.83. The van der Waals surface area contributed by atoms with Gasteiger partial charge in [0.15, 0.2) is 0 Å². The van der Waals surface area contributed by atoms with Gasteiger partial charge in [-0.1, -0.05) is 18.2 Å². The fourth-order valence-corrected chi connectivity index (χ4v) is 3.37. The van der Waals surface area contributed by atoms with Gasteiger partial charge in [-0.25, -0.2) is 4.98 Å². The van der Waals surface area contributed by atoms with Crippen molar-refractivity contribution in [1.29, 1.82) is 0 Å². The molecule has 1 aromatic carbocycles. The summed E-state index contributed by atoms with van der Waals surface area (Å²) in [6.07, 6.45) is -2.51. The highest BCUT2D eigenvalue weighted by Gasteiger charge is 2.37. The van der Waals surface area contributed by atoms with E-state index in [1.807, 2.05) is 0 Å². The number of alkyl halides is 3. The molecule has 1 aliphatic rings. The zero-order valence-corrected chi connectivity index (χ0v) is 14.5. The number of carbonyl (C=O) groups excluding carboxylic acids is 2. The van der Waals surface area contributed by atoms with Gasteiger partial charge >= 0.3 is 6.18 Å². The van der Waals surface area contributed by atoms with E-state index in [2.05, 4.69) is 15.6 Å². The molecule has 3 rings (SSSR count). The van der Waals surface area contributed by atoms with Crippen molar-refractivity contribution in [3.63, 3.8) is 0 Å². The average Bonchev–Trinajstić information content (AvgIpc) is 2.60. The van der Waals surface area contributed by atoms with Crippen molar-refractivity contribution < 1.29 is 22.8 Å². The first kappa shape index (κ1) is 18.9. The number of nitrogens with zero attached hydrogens (tertiary/aromatic N) is 1. The lowest BCUT2D eigenvalue weighted by Crippen LogP contribution is -2.37. The normalized spacial score (nSPS) is 20.1. The molecule has 142 valence electrons. The Bertz CT molecular complexity index is 867. The molecule has 2 unspecified atom stereocenters. The first-order valence-corrected chi connectivity index (χ1v) is 8.43. The Kier molecular flexibility index (Phi) is 5.16. The van der Waals surface area contributed by atoms with Crippen molar-refractivity contribution in [1.82, 2.24) is 10.3 Å². The van der Waals surface area contributed by atoms with E-state index in [9.17, 15) is 22.8 Å². The first-order valence-electron chi connectivity index (χ1n) is 8.43. The lowest BCUT2D eigenvalue weighted by molar-refractivity contribution is -0.139. The van der Waals surface area contributed by atoms with Gasteiger partial charge in [0, 0.05) is 19.5 Å². The smallest absolute Gasteiger partial charge is 0.349 e. The number of piperidine rings is 1. The molecule has 0 aliphatic carbocycles. The average molecular weight is 377 g/mol. The van der Waals surface area contributed by atoms with Crippen molar-refractivity contribution in [3.8, 4) is 0 Å². The molecule has 0 bridgehead atoms. The number of benzene rings is 1. The van der Waals surface area contributed by atoms with Crippen LogP contribution in [0.2, 0.25) is 0 Å². The summed E-state index contributed by atoms with van der Waals surface area (Å²) in [6, 6.07) is 7.89. The number of aromatic nitrogens is 1. The van der Waals surface area contributed by atoms with E-state index < -0.39 is 17.8 Å². The van der Waals surface area contributed by atoms with Gasteiger partial charge in [0.05, 0.1) is 11.6 Å². The highest BCUT2D eigenvalue weighted by atomic mass is 19.4. The van der Waals surface area contributed by atoms with Crippen LogP contribution in [0.4, 0.5) is 19.0 Å². The molecule has 8 heteroatoms. The third-order valence-electron chi connectivity index (χ3n) is 4.49. The van der Waals surface area contributed by atoms with Crippen LogP contribution in [0, 0.1) is 0 Å². The minimum Gasteiger partial charge on any atom is -0.349 e. The van der Waals surface area contributed by atoms with Crippen LogP contribution in [0.1, 0.15) is 48.4 Å². The number of nitrogens with one attached hydrogen (secondary N) is 2. The Hall–Kier alpha value is -2.90. The van der Waals surface area contributed by atoms with Crippen LogP contribution in [0.25, 0.3) is 0 Å². The fraction of sp³-hybridized carbons (Fsp3) is 0.316. The maximum absolute atomic E-state index is 13.3. The summed E-state index contributed by atoms with van der Waals surface area (Å²) >= 11 is 0. The van der Waals surface area contributed by atoms with Gasteiger partial charge in [0.25, 0.3) is 0 Å². The first-order chi connectivity index (χ1) is 12.7. The molecule has 2 N–H and O–H groups in total. The summed E-state index contributed by atoms with van der Waals surface area (Å²) in [5, 5.41) is 5.24. The molecular formula is C19H18F3N3O2. The van der Waals surface area contributed by atoms with Gasteiger partial charge in [-0.15, -0.1) is 0 Å². The highest BCUT2D eigenvalue weighted by molar-refractivity contribution is 5.87. The highest BCUT2D eigenvalue weighted by Crippen LogP contribution is 2.40. The Morgan fingerprint density at radius 2 is 2.00 bits per heavy atom. The largest absolute Gasteiger partial charge is 0.416 e. The standard InChI is InChI=1S/C19H18F3N3O2/c1-11(26)24-17-9-12(6-7-23-17)13-8-16(25-18(27)10-13)14-4-2-3-5-15(14)19(20,21)22/h2-7,9,13,16H,8,10H2,1H3,(H,25,27)(H,23,24,26). The molecule has 1 fully saturated rings. The molecule has 2 heterocycles. The number of carbonyl (C=O) groups is 2. The van der Waals surface area contributed by atoms with Crippen molar-refractivity contribution in [2.45, 2.75) is 37.9 Å². The molecule has 27 heavy (non-hydrogen) atoms. The second-order valence-electron chi connectivity index (χ2n) is 6.50. The number of halogens is 3. The second kappa shape index (κ2) is 7.38. The molecule has 2 aromatic rings. The lowest BCUT2D eigenvalue weighted by Gasteiger charge is -2.32. The van der Waals surface area contributed by atoms with E-state index in [1.54, 1.807) is 12.1 Å². The molecule has 1 saturated heterocycles. The van der Waals surface area contributed by atoms with Gasteiger partial charge < -0.3 is 10.6 Å². The fourth-order valence-electron chi connectivity index (χ4n) is 3.37. The Morgan fingerprint density at radius 1 is 1.26 bits per heavy atom. The summed E-state index contributed by atoms with van der Waals surface area (Å²) < 4.78 is 40.0. The molecule has 1 aromatic heterocycles. The molecule has 2 atom stereocenters. The molecule has 2 amide bonds. The van der Waals surface area contributed by atoms with Crippen LogP contribution >= 0.6 is 0 Å². The Morgan fingerprint density at radius 3 is 2.70 bits per heavy atom. The van der Waals surface area contributed by atoms with Crippen LogP contribution < -0.4 is 10.6 Å². The summed E-state index contributed by atoms with van der Waals surface area (Å²) in [5.74, 6) is -0.525. The van der Waals surface area contributed by atoms with E-state index in [1.165, 1.54) is 31.3 Å². The van der Waals surface area contributed by atoms with Crippen LogP contribution in [-0.2, 0) is 15.8 Å². The van der Waals surface area contributed by atoms with E-state index in [0.717, 1.165) is 11.6 Å². The van der Waals surface area contributed by atoms with Crippen molar-refractivity contribution in [2.24, 2.45) is 0 Å². The summed E-state index contributed by atoms with van der Waals surface area (Å²) in [5.41, 5.74) is 0.0573. The molecule has 1 aliphatic heterocycles. The van der Waals surface area contributed by atoms with Gasteiger partial charge in [-0.2, -0.15) is 13.2 Å². The van der Waals surface area contributed by atoms with Crippen LogP contribution in [0.15, 0.2) is 42.6 Å². The van der Waals surface area contributed by atoms with Crippen molar-refractivity contribution in [2.75, 3.05) is 5.32 Å². The summed E-state index contributed by atoms with van der Waals surface area (Å²) in [6.45, 7) is 1.35. The number of pyridine rings is 1. The molecule has 0 radical (unpaired) electrons. The van der Waals surface area contributed by atoms with E-state index >= 15 is 0 Å². The van der Waals surface area contributed by atoms with Gasteiger partial charge in [-0.3, -0.25) is 9.59 Å². The topological polar surface area (TPSA) is 71.1 Å². The molecule has 5 nitrogen and oxygen atoms in total. The SMILES string of the molecule is CC(=O)Nc1cc(C2CC(=O)NC(c3ccccc3C(F)(F)F)C2)ccn1. The van der Waals surface area contributed by atoms with E-state index in [4.69, 9.17) is 0 Å². The van der Waals surface area contributed by atoms with Gasteiger partial charge in [0.2, 0.25) is 11.8 Å². The number of amides is 2. The van der Waals surface area contributed by atoms with E-state index in [-0.39, 0.29) is 29.7 Å². The number of hydrogen-bond donors (Lipinski definition) is 2. The zero-order chi connectivity index (χ0) is 19.6. The van der Waals surface area contributed by atoms with Gasteiger partial charge in [0.1, 0.15) is 5.82 Å². The third kappa shape index (κ3) is 4.45. The number of anilines is 1. The molecule has 0 spiro atoms. The molecular weight excluding hydrogens is 359 g/mol. The summed E-state index contributed by atoms with van der Waals surface area (Å²) in [4.78, 5) is 27.4. The third-order valence-corrected chi connectivity index (χ3v) is 4.49. The Labute approximate surface area is 154 Å². The van der Waals surface area contributed by atoms with E-state index in [0.29, 0.717) is 12.2 Å². The second-order valence-corrected chi connectivity index (χ2v) is 6.50. The zero-order valence-electron chi connectivity index (χ0n) is 14.5. The van der Waals surface area contributed by atoms with Crippen molar-refractivity contribution >= 4 is 17.6 Å². The van der Waals surface area contributed by atoms with Crippen LogP contribution in [0.3, 0.4) is 0 Å². The van der Waals surface area contributed by atoms with Crippen LogP contribution in [-0.4, -0.2) is 16.8 Å². The molecule has 0 saturated carbocycles.